The van der Waals surface area contributed by atoms with Gasteiger partial charge in [0.1, 0.15) is 24.2 Å². The highest BCUT2D eigenvalue weighted by molar-refractivity contribution is 9.10. The molecule has 0 aliphatic rings. The van der Waals surface area contributed by atoms with Crippen LogP contribution in [0.2, 0.25) is 0 Å². The maximum Gasteiger partial charge on any atom is 0.409 e. The summed E-state index contributed by atoms with van der Waals surface area (Å²) in [5.74, 6) is 0.279. The van der Waals surface area contributed by atoms with E-state index in [9.17, 15) is 9.59 Å². The molecule has 8 nitrogen and oxygen atoms in total. The molecular formula is C24H19BrN4O4. The summed E-state index contributed by atoms with van der Waals surface area (Å²) in [6.45, 7) is 2.21. The normalized spacial score (nSPS) is 10.6. The molecule has 0 aliphatic carbocycles. The number of amides is 2. The van der Waals surface area contributed by atoms with Crippen molar-refractivity contribution in [1.82, 2.24) is 9.97 Å². The quantitative estimate of drug-likeness (QED) is 0.312. The number of nitrogens with zero attached hydrogens (tertiary/aromatic N) is 2. The third-order valence-electron chi connectivity index (χ3n) is 4.90. The van der Waals surface area contributed by atoms with E-state index in [0.29, 0.717) is 29.3 Å². The fourth-order valence-electron chi connectivity index (χ4n) is 3.26. The van der Waals surface area contributed by atoms with E-state index in [-0.39, 0.29) is 5.91 Å². The molecule has 9 heteroatoms. The molecule has 0 aliphatic heterocycles. The average molecular weight is 507 g/mol. The van der Waals surface area contributed by atoms with Crippen molar-refractivity contribution in [3.05, 3.63) is 88.3 Å². The first-order valence-electron chi connectivity index (χ1n) is 9.93. The molecule has 0 saturated carbocycles. The lowest BCUT2D eigenvalue weighted by molar-refractivity contribution is 0.102. The number of aryl methyl sites for hydroxylation is 1. The Morgan fingerprint density at radius 2 is 1.70 bits per heavy atom. The third kappa shape index (κ3) is 5.27. The van der Waals surface area contributed by atoms with Crippen LogP contribution in [-0.2, 0) is 6.61 Å². The Balaban J connectivity index is 1.46. The lowest BCUT2D eigenvalue weighted by Gasteiger charge is -2.12. The van der Waals surface area contributed by atoms with Crippen molar-refractivity contribution in [3.63, 3.8) is 0 Å². The molecule has 2 amide bonds. The smallest absolute Gasteiger partial charge is 0.409 e. The number of nitrogens with one attached hydrogen (secondary N) is 2. The second-order valence-electron chi connectivity index (χ2n) is 7.17. The lowest BCUT2D eigenvalue weighted by atomic mass is 10.1. The van der Waals surface area contributed by atoms with Gasteiger partial charge < -0.3 is 15.2 Å². The van der Waals surface area contributed by atoms with Gasteiger partial charge in [0, 0.05) is 21.1 Å². The third-order valence-corrected chi connectivity index (χ3v) is 5.35. The van der Waals surface area contributed by atoms with Crippen LogP contribution in [0.15, 0.2) is 71.5 Å². The minimum atomic E-state index is -1.21. The van der Waals surface area contributed by atoms with Crippen LogP contribution >= 0.6 is 15.9 Å². The number of anilines is 2. The van der Waals surface area contributed by atoms with E-state index in [1.807, 2.05) is 19.1 Å². The van der Waals surface area contributed by atoms with Gasteiger partial charge in [-0.15, -0.1) is 0 Å². The molecule has 3 aromatic carbocycles. The highest BCUT2D eigenvalue weighted by atomic mass is 79.9. The van der Waals surface area contributed by atoms with Crippen LogP contribution in [0.1, 0.15) is 21.6 Å². The number of hydrogen-bond acceptors (Lipinski definition) is 5. The van der Waals surface area contributed by atoms with E-state index in [2.05, 4.69) is 36.5 Å². The van der Waals surface area contributed by atoms with E-state index in [1.54, 1.807) is 48.5 Å². The van der Waals surface area contributed by atoms with Gasteiger partial charge in [0.05, 0.1) is 11.4 Å². The number of rotatable bonds is 6. The molecule has 33 heavy (non-hydrogen) atoms. The van der Waals surface area contributed by atoms with Gasteiger partial charge in [-0.1, -0.05) is 40.2 Å². The van der Waals surface area contributed by atoms with Gasteiger partial charge >= 0.3 is 6.09 Å². The Labute approximate surface area is 197 Å². The van der Waals surface area contributed by atoms with Crippen molar-refractivity contribution in [2.45, 2.75) is 13.5 Å². The number of benzene rings is 3. The van der Waals surface area contributed by atoms with Crippen molar-refractivity contribution < 1.29 is 19.4 Å². The molecule has 1 aromatic heterocycles. The Kier molecular flexibility index (Phi) is 6.50. The zero-order valence-electron chi connectivity index (χ0n) is 17.5. The molecule has 0 fully saturated rings. The van der Waals surface area contributed by atoms with Gasteiger partial charge in [0.25, 0.3) is 5.91 Å². The summed E-state index contributed by atoms with van der Waals surface area (Å²) in [7, 11) is 0. The standard InChI is InChI=1S/C24H19BrN4O4/c1-14-18-10-17(25)11-21(22(18)27-13-26-14)33-12-15-6-8-16(9-7-15)23(30)28-19-4-2-3-5-20(19)29-24(31)32/h2-11,13,29H,12H2,1H3,(H,28,30)(H,31,32). The fraction of sp³-hybridized carbons (Fsp3) is 0.0833. The zero-order valence-corrected chi connectivity index (χ0v) is 19.1. The zero-order chi connectivity index (χ0) is 23.4. The molecular weight excluding hydrogens is 488 g/mol. The second kappa shape index (κ2) is 9.66. The Bertz CT molecular complexity index is 1340. The maximum atomic E-state index is 12.6. The largest absolute Gasteiger partial charge is 0.487 e. The molecule has 4 aromatic rings. The SMILES string of the molecule is Cc1ncnc2c(OCc3ccc(C(=O)Nc4ccccc4NC(=O)O)cc3)cc(Br)cc12. The average Bonchev–Trinajstić information content (AvgIpc) is 2.79. The van der Waals surface area contributed by atoms with Gasteiger partial charge in [-0.2, -0.15) is 0 Å². The van der Waals surface area contributed by atoms with E-state index in [1.165, 1.54) is 6.33 Å². The van der Waals surface area contributed by atoms with Crippen LogP contribution in [0, 0.1) is 6.92 Å². The molecule has 0 bridgehead atoms. The monoisotopic (exact) mass is 506 g/mol. The number of carboxylic acid groups (broad SMARTS) is 1. The van der Waals surface area contributed by atoms with Gasteiger partial charge in [0.2, 0.25) is 0 Å². The predicted octanol–water partition coefficient (Wildman–Crippen LogP) is 5.62. The van der Waals surface area contributed by atoms with Crippen LogP contribution < -0.4 is 15.4 Å². The van der Waals surface area contributed by atoms with Gasteiger partial charge in [-0.25, -0.2) is 14.8 Å². The number of para-hydroxylation sites is 2. The molecule has 4 rings (SSSR count). The van der Waals surface area contributed by atoms with Gasteiger partial charge in [0.15, 0.2) is 0 Å². The number of ether oxygens (including phenoxy) is 1. The highest BCUT2D eigenvalue weighted by Gasteiger charge is 2.12. The maximum absolute atomic E-state index is 12.6. The summed E-state index contributed by atoms with van der Waals surface area (Å²) >= 11 is 3.50. The number of carbonyl (C=O) groups excluding carboxylic acids is 1. The number of halogens is 1. The van der Waals surface area contributed by atoms with Crippen molar-refractivity contribution in [1.29, 1.82) is 0 Å². The Morgan fingerprint density at radius 3 is 2.39 bits per heavy atom. The topological polar surface area (TPSA) is 113 Å². The number of fused-ring (bicyclic) bond motifs is 1. The fourth-order valence-corrected chi connectivity index (χ4v) is 3.70. The minimum Gasteiger partial charge on any atom is -0.487 e. The van der Waals surface area contributed by atoms with Crippen molar-refractivity contribution in [2.75, 3.05) is 10.6 Å². The van der Waals surface area contributed by atoms with Crippen molar-refractivity contribution in [3.8, 4) is 5.75 Å². The summed E-state index contributed by atoms with van der Waals surface area (Å²) in [6, 6.07) is 17.4. The lowest BCUT2D eigenvalue weighted by Crippen LogP contribution is -2.15. The summed E-state index contributed by atoms with van der Waals surface area (Å²) < 4.78 is 6.87. The van der Waals surface area contributed by atoms with Crippen LogP contribution in [0.4, 0.5) is 16.2 Å². The highest BCUT2D eigenvalue weighted by Crippen LogP contribution is 2.30. The number of aromatic nitrogens is 2. The second-order valence-corrected chi connectivity index (χ2v) is 8.09. The molecule has 0 unspecified atom stereocenters. The molecule has 0 saturated heterocycles. The summed E-state index contributed by atoms with van der Waals surface area (Å²) in [5.41, 5.74) is 3.57. The number of carbonyl (C=O) groups is 2. The number of hydrogen-bond donors (Lipinski definition) is 3. The predicted molar refractivity (Wildman–Crippen MR) is 129 cm³/mol. The molecule has 0 atom stereocenters. The Morgan fingerprint density at radius 1 is 1.00 bits per heavy atom. The van der Waals surface area contributed by atoms with Crippen molar-refractivity contribution in [2.24, 2.45) is 0 Å². The summed E-state index contributed by atoms with van der Waals surface area (Å²) in [6.07, 6.45) is 0.302. The van der Waals surface area contributed by atoms with E-state index in [0.717, 1.165) is 26.6 Å². The molecule has 0 radical (unpaired) electrons. The summed E-state index contributed by atoms with van der Waals surface area (Å²) in [5, 5.41) is 14.8. The van der Waals surface area contributed by atoms with E-state index >= 15 is 0 Å². The van der Waals surface area contributed by atoms with Crippen LogP contribution in [0.3, 0.4) is 0 Å². The van der Waals surface area contributed by atoms with Crippen LogP contribution in [-0.4, -0.2) is 27.1 Å². The van der Waals surface area contributed by atoms with Crippen LogP contribution in [0.5, 0.6) is 5.75 Å². The minimum absolute atomic E-state index is 0.294. The van der Waals surface area contributed by atoms with Crippen LogP contribution in [0.25, 0.3) is 10.9 Å². The Hall–Kier alpha value is -3.98. The first-order chi connectivity index (χ1) is 15.9. The molecule has 166 valence electrons. The van der Waals surface area contributed by atoms with Gasteiger partial charge in [-0.3, -0.25) is 10.1 Å². The summed E-state index contributed by atoms with van der Waals surface area (Å²) in [4.78, 5) is 32.1. The molecule has 3 N–H and O–H groups in total. The van der Waals surface area contributed by atoms with E-state index < -0.39 is 6.09 Å². The molecule has 1 heterocycles. The molecule has 0 spiro atoms. The van der Waals surface area contributed by atoms with Gasteiger partial charge in [-0.05, 0) is 48.9 Å². The van der Waals surface area contributed by atoms with E-state index in [4.69, 9.17) is 9.84 Å². The first-order valence-corrected chi connectivity index (χ1v) is 10.7. The first kappa shape index (κ1) is 22.2. The van der Waals surface area contributed by atoms with Crippen molar-refractivity contribution >= 4 is 50.2 Å².